The molecule has 11 nitrogen and oxygen atoms in total. The second-order valence-electron chi connectivity index (χ2n) is 9.00. The van der Waals surface area contributed by atoms with Crippen LogP contribution in [0.4, 0.5) is 0 Å². The molecule has 0 aliphatic carbocycles. The molecule has 0 aromatic heterocycles. The highest BCUT2D eigenvalue weighted by Crippen LogP contribution is 2.25. The Morgan fingerprint density at radius 1 is 0.900 bits per heavy atom. The van der Waals surface area contributed by atoms with Crippen LogP contribution in [0.15, 0.2) is 90.0 Å². The number of rotatable bonds is 14. The lowest BCUT2D eigenvalue weighted by Crippen LogP contribution is -2.49. The van der Waals surface area contributed by atoms with Gasteiger partial charge in [0.15, 0.2) is 5.03 Å². The van der Waals surface area contributed by atoms with Gasteiger partial charge in [-0.2, -0.15) is 0 Å². The number of nitrogens with two attached hydrogens (primary N) is 1. The predicted octanol–water partition coefficient (Wildman–Crippen LogP) is 2.55. The normalized spacial score (nSPS) is 11.9. The van der Waals surface area contributed by atoms with Crippen LogP contribution in [-0.4, -0.2) is 49.0 Å². The van der Waals surface area contributed by atoms with Gasteiger partial charge < -0.3 is 26.4 Å². The van der Waals surface area contributed by atoms with Crippen LogP contribution >= 0.6 is 0 Å². The molecular weight excluding hydrogens is 512 g/mol. The number of carbonyl (C=O) groups is 2. The van der Waals surface area contributed by atoms with Crippen molar-refractivity contribution in [1.29, 1.82) is 0 Å². The number of hydrazone groups is 1. The SMILES string of the molecule is COc1ccc(CCNC(=O)[C@H](CCCNC(N)=N[N+](=O)[O-])NC(=O)C(c2ccccc2)c2ccccc2)cc1. The summed E-state index contributed by atoms with van der Waals surface area (Å²) in [5, 5.41) is 21.1. The van der Waals surface area contributed by atoms with E-state index in [-0.39, 0.29) is 30.7 Å². The third-order valence-electron chi connectivity index (χ3n) is 6.20. The van der Waals surface area contributed by atoms with E-state index in [0.717, 1.165) is 22.4 Å². The second-order valence-corrected chi connectivity index (χ2v) is 9.00. The lowest BCUT2D eigenvalue weighted by Gasteiger charge is -2.23. The van der Waals surface area contributed by atoms with E-state index in [1.54, 1.807) is 7.11 Å². The highest BCUT2D eigenvalue weighted by Gasteiger charge is 2.27. The zero-order valence-electron chi connectivity index (χ0n) is 22.3. The molecule has 0 aliphatic rings. The molecule has 0 bridgehead atoms. The second kappa shape index (κ2) is 15.5. The molecule has 3 rings (SSSR count). The van der Waals surface area contributed by atoms with Crippen molar-refractivity contribution in [3.05, 3.63) is 112 Å². The fraction of sp³-hybridized carbons (Fsp3) is 0.276. The van der Waals surface area contributed by atoms with Crippen LogP contribution in [0.5, 0.6) is 5.75 Å². The maximum Gasteiger partial charge on any atom is 0.266 e. The first kappa shape index (κ1) is 29.6. The summed E-state index contributed by atoms with van der Waals surface area (Å²) in [6.45, 7) is 0.606. The molecule has 210 valence electrons. The first-order valence-electron chi connectivity index (χ1n) is 12.9. The van der Waals surface area contributed by atoms with Gasteiger partial charge in [0.1, 0.15) is 16.9 Å². The van der Waals surface area contributed by atoms with Crippen molar-refractivity contribution in [2.75, 3.05) is 20.2 Å². The van der Waals surface area contributed by atoms with Crippen molar-refractivity contribution < 1.29 is 19.4 Å². The largest absolute Gasteiger partial charge is 0.497 e. The number of hydrogen-bond acceptors (Lipinski definition) is 5. The molecule has 0 saturated carbocycles. The first-order valence-corrected chi connectivity index (χ1v) is 12.9. The molecule has 0 heterocycles. The van der Waals surface area contributed by atoms with Crippen molar-refractivity contribution in [3.63, 3.8) is 0 Å². The Balaban J connectivity index is 1.70. The molecule has 0 fully saturated rings. The van der Waals surface area contributed by atoms with Crippen LogP contribution in [0.25, 0.3) is 0 Å². The van der Waals surface area contributed by atoms with Crippen molar-refractivity contribution >= 4 is 17.8 Å². The van der Waals surface area contributed by atoms with E-state index in [4.69, 9.17) is 10.5 Å². The summed E-state index contributed by atoms with van der Waals surface area (Å²) in [5.74, 6) is -0.830. The number of nitrogens with one attached hydrogen (secondary N) is 3. The van der Waals surface area contributed by atoms with Gasteiger partial charge in [-0.15, -0.1) is 0 Å². The van der Waals surface area contributed by atoms with E-state index in [2.05, 4.69) is 21.1 Å². The van der Waals surface area contributed by atoms with Crippen molar-refractivity contribution in [2.24, 2.45) is 10.8 Å². The Morgan fingerprint density at radius 3 is 2.05 bits per heavy atom. The van der Waals surface area contributed by atoms with Crippen LogP contribution in [-0.2, 0) is 16.0 Å². The van der Waals surface area contributed by atoms with E-state index < -0.39 is 17.0 Å². The van der Waals surface area contributed by atoms with Gasteiger partial charge in [-0.05, 0) is 48.1 Å². The van der Waals surface area contributed by atoms with Crippen molar-refractivity contribution in [3.8, 4) is 5.75 Å². The number of methoxy groups -OCH3 is 1. The van der Waals surface area contributed by atoms with Crippen LogP contribution in [0, 0.1) is 10.1 Å². The predicted molar refractivity (Wildman–Crippen MR) is 152 cm³/mol. The van der Waals surface area contributed by atoms with E-state index in [9.17, 15) is 19.7 Å². The molecule has 3 aromatic carbocycles. The highest BCUT2D eigenvalue weighted by atomic mass is 16.7. The minimum atomic E-state index is -0.894. The number of ether oxygens (including phenoxy) is 1. The molecule has 3 aromatic rings. The smallest absolute Gasteiger partial charge is 0.266 e. The Kier molecular flexibility index (Phi) is 11.5. The summed E-state index contributed by atoms with van der Waals surface area (Å²) in [5.41, 5.74) is 8.11. The Hall–Kier alpha value is -4.93. The van der Waals surface area contributed by atoms with Gasteiger partial charge in [0.25, 0.3) is 5.96 Å². The first-order chi connectivity index (χ1) is 19.4. The topological polar surface area (TPSA) is 161 Å². The number of guanidine groups is 1. The maximum atomic E-state index is 13.6. The number of amides is 2. The van der Waals surface area contributed by atoms with Crippen LogP contribution in [0.1, 0.15) is 35.4 Å². The van der Waals surface area contributed by atoms with E-state index in [1.165, 1.54) is 0 Å². The van der Waals surface area contributed by atoms with Gasteiger partial charge in [-0.1, -0.05) is 72.8 Å². The van der Waals surface area contributed by atoms with Crippen LogP contribution in [0.2, 0.25) is 0 Å². The number of nitro groups is 1. The number of benzene rings is 3. The summed E-state index contributed by atoms with van der Waals surface area (Å²) >= 11 is 0. The molecule has 5 N–H and O–H groups in total. The minimum Gasteiger partial charge on any atom is -0.497 e. The maximum absolute atomic E-state index is 13.6. The lowest BCUT2D eigenvalue weighted by atomic mass is 9.90. The number of hydrogen-bond donors (Lipinski definition) is 4. The summed E-state index contributed by atoms with van der Waals surface area (Å²) < 4.78 is 5.18. The fourth-order valence-corrected chi connectivity index (χ4v) is 4.20. The molecule has 0 saturated heterocycles. The van der Waals surface area contributed by atoms with Crippen LogP contribution in [0.3, 0.4) is 0 Å². The average molecular weight is 547 g/mol. The molecule has 40 heavy (non-hydrogen) atoms. The summed E-state index contributed by atoms with van der Waals surface area (Å²) in [7, 11) is 1.60. The fourth-order valence-electron chi connectivity index (χ4n) is 4.20. The zero-order valence-corrected chi connectivity index (χ0v) is 22.3. The molecule has 0 radical (unpaired) electrons. The molecule has 0 unspecified atom stereocenters. The van der Waals surface area contributed by atoms with Gasteiger partial charge >= 0.3 is 0 Å². The van der Waals surface area contributed by atoms with Crippen molar-refractivity contribution in [1.82, 2.24) is 16.0 Å². The Morgan fingerprint density at radius 2 is 1.50 bits per heavy atom. The molecule has 1 atom stereocenters. The van der Waals surface area contributed by atoms with Gasteiger partial charge in [-0.25, -0.2) is 10.1 Å². The van der Waals surface area contributed by atoms with Crippen LogP contribution < -0.4 is 26.4 Å². The van der Waals surface area contributed by atoms with E-state index in [0.29, 0.717) is 19.4 Å². The number of nitrogens with zero attached hydrogens (tertiary/aromatic N) is 2. The molecular formula is C29H34N6O5. The third kappa shape index (κ3) is 9.43. The average Bonchev–Trinajstić information content (AvgIpc) is 2.96. The zero-order chi connectivity index (χ0) is 28.7. The Bertz CT molecular complexity index is 1230. The highest BCUT2D eigenvalue weighted by molar-refractivity contribution is 5.92. The van der Waals surface area contributed by atoms with Gasteiger partial charge in [0, 0.05) is 13.1 Å². The summed E-state index contributed by atoms with van der Waals surface area (Å²) in [4.78, 5) is 37.4. The van der Waals surface area contributed by atoms with Gasteiger partial charge in [0.2, 0.25) is 11.8 Å². The molecule has 2 amide bonds. The Labute approximate surface area is 233 Å². The van der Waals surface area contributed by atoms with E-state index >= 15 is 0 Å². The van der Waals surface area contributed by atoms with E-state index in [1.807, 2.05) is 84.9 Å². The third-order valence-corrected chi connectivity index (χ3v) is 6.20. The minimum absolute atomic E-state index is 0.232. The van der Waals surface area contributed by atoms with Gasteiger partial charge in [0.05, 0.1) is 13.0 Å². The number of carbonyl (C=O) groups excluding carboxylic acids is 2. The summed E-state index contributed by atoms with van der Waals surface area (Å²) in [6, 6.07) is 25.5. The monoisotopic (exact) mass is 546 g/mol. The molecule has 11 heteroatoms. The quantitative estimate of drug-likeness (QED) is 0.0794. The lowest BCUT2D eigenvalue weighted by molar-refractivity contribution is -0.485. The summed E-state index contributed by atoms with van der Waals surface area (Å²) in [6.07, 6.45) is 1.27. The van der Waals surface area contributed by atoms with Crippen molar-refractivity contribution in [2.45, 2.75) is 31.2 Å². The van der Waals surface area contributed by atoms with Gasteiger partial charge in [-0.3, -0.25) is 9.59 Å². The molecule has 0 aliphatic heterocycles. The standard InChI is InChI=1S/C29H34N6O5/c1-40-24-16-14-21(15-17-24)18-20-31-27(36)25(13-8-19-32-29(30)34-35(38)39)33-28(37)26(22-9-4-2-5-10-22)23-11-6-3-7-12-23/h2-7,9-12,14-17,25-26H,8,13,18-20H2,1H3,(H,31,36)(H,33,37)(H3,30,32,34)/t25-/m0/s1. The molecule has 0 spiro atoms.